The summed E-state index contributed by atoms with van der Waals surface area (Å²) >= 11 is 0. The van der Waals surface area contributed by atoms with Crippen LogP contribution in [-0.2, 0) is 0 Å². The fourth-order valence-electron chi connectivity index (χ4n) is 4.47. The number of alkyl halides is 1. The Kier molecular flexibility index (Phi) is 7.47. The first-order valence-electron chi connectivity index (χ1n) is 11.3. The Morgan fingerprint density at radius 2 is 1.34 bits per heavy atom. The smallest absolute Gasteiger partial charge is 0.130 e. The minimum absolute atomic E-state index is 0.458. The average Bonchev–Trinajstić information content (AvgIpc) is 2.77. The molecule has 2 aromatic rings. The van der Waals surface area contributed by atoms with Gasteiger partial charge < -0.3 is 0 Å². The van der Waals surface area contributed by atoms with Crippen LogP contribution in [0.3, 0.4) is 0 Å². The number of rotatable bonds is 3. The fourth-order valence-corrected chi connectivity index (χ4v) is 4.47. The predicted octanol–water partition coefficient (Wildman–Crippen LogP) is 8.52. The zero-order valence-electron chi connectivity index (χ0n) is 18.4. The van der Waals surface area contributed by atoms with Crippen molar-refractivity contribution < 1.29 is 4.39 Å². The van der Waals surface area contributed by atoms with E-state index in [1.807, 2.05) is 44.2 Å². The van der Waals surface area contributed by atoms with Gasteiger partial charge in [-0.25, -0.2) is 4.39 Å². The lowest BCUT2D eigenvalue weighted by Gasteiger charge is -2.26. The second kappa shape index (κ2) is 10.1. The Hall–Kier alpha value is -2.15. The quantitative estimate of drug-likeness (QED) is 0.492. The Morgan fingerprint density at radius 3 is 1.93 bits per heavy atom. The zero-order chi connectivity index (χ0) is 20.8. The van der Waals surface area contributed by atoms with E-state index in [1.54, 1.807) is 0 Å². The van der Waals surface area contributed by atoms with E-state index in [2.05, 4.69) is 44.2 Å². The highest BCUT2D eigenvalue weighted by atomic mass is 19.1. The van der Waals surface area contributed by atoms with E-state index in [4.69, 9.17) is 0 Å². The molecule has 29 heavy (non-hydrogen) atoms. The predicted molar refractivity (Wildman–Crippen MR) is 125 cm³/mol. The van der Waals surface area contributed by atoms with Crippen LogP contribution in [0.15, 0.2) is 60.7 Å². The van der Waals surface area contributed by atoms with Crippen LogP contribution in [0.2, 0.25) is 0 Å². The molecule has 0 heterocycles. The van der Waals surface area contributed by atoms with Crippen molar-refractivity contribution in [3.63, 3.8) is 0 Å². The summed E-state index contributed by atoms with van der Waals surface area (Å²) in [7, 11) is 0. The molecule has 0 radical (unpaired) electrons. The summed E-state index contributed by atoms with van der Waals surface area (Å²) in [5.41, 5.74) is 6.70. The summed E-state index contributed by atoms with van der Waals surface area (Å²) in [6.07, 6.45) is 8.87. The molecule has 2 aliphatic rings. The van der Waals surface area contributed by atoms with Crippen LogP contribution in [0.1, 0.15) is 81.0 Å². The van der Waals surface area contributed by atoms with Crippen LogP contribution < -0.4 is 0 Å². The van der Waals surface area contributed by atoms with Gasteiger partial charge in [-0.1, -0.05) is 99.9 Å². The van der Waals surface area contributed by atoms with E-state index in [0.717, 1.165) is 28.2 Å². The normalized spacial score (nSPS) is 24.1. The maximum atomic E-state index is 14.9. The van der Waals surface area contributed by atoms with E-state index >= 15 is 0 Å². The third-order valence-electron chi connectivity index (χ3n) is 6.35. The van der Waals surface area contributed by atoms with Gasteiger partial charge >= 0.3 is 0 Å². The second-order valence-corrected chi connectivity index (χ2v) is 8.43. The third kappa shape index (κ3) is 5.26. The first kappa shape index (κ1) is 21.6. The number of hydrogen-bond donors (Lipinski definition) is 0. The van der Waals surface area contributed by atoms with Crippen molar-refractivity contribution in [2.24, 2.45) is 5.92 Å². The molecular formula is C28H35F. The van der Waals surface area contributed by atoms with Crippen molar-refractivity contribution in [1.82, 2.24) is 0 Å². The minimum atomic E-state index is -0.938. The van der Waals surface area contributed by atoms with Gasteiger partial charge in [0.1, 0.15) is 6.17 Å². The molecule has 1 atom stereocenters. The highest BCUT2D eigenvalue weighted by Crippen LogP contribution is 2.37. The SMILES string of the molecule is CC.Cc1ccc(C2=CC=C(c3ccc(C4CCC(C)CC4)cc3)CC2F)cc1. The van der Waals surface area contributed by atoms with E-state index in [0.29, 0.717) is 12.3 Å². The Bertz CT molecular complexity index is 831. The van der Waals surface area contributed by atoms with Crippen LogP contribution in [0, 0.1) is 12.8 Å². The Morgan fingerprint density at radius 1 is 0.759 bits per heavy atom. The van der Waals surface area contributed by atoms with Gasteiger partial charge in [-0.15, -0.1) is 0 Å². The highest BCUT2D eigenvalue weighted by molar-refractivity contribution is 5.80. The molecule has 1 saturated carbocycles. The topological polar surface area (TPSA) is 0 Å². The molecule has 4 rings (SSSR count). The Balaban J connectivity index is 0.00000117. The summed E-state index contributed by atoms with van der Waals surface area (Å²) < 4.78 is 14.9. The maximum absolute atomic E-state index is 14.9. The van der Waals surface area contributed by atoms with E-state index < -0.39 is 6.17 Å². The summed E-state index contributed by atoms with van der Waals surface area (Å²) in [6, 6.07) is 17.1. The summed E-state index contributed by atoms with van der Waals surface area (Å²) in [6.45, 7) is 8.42. The molecule has 2 aromatic carbocycles. The van der Waals surface area contributed by atoms with Gasteiger partial charge in [-0.3, -0.25) is 0 Å². The number of aryl methyl sites for hydroxylation is 1. The first-order chi connectivity index (χ1) is 14.1. The molecule has 0 aromatic heterocycles. The van der Waals surface area contributed by atoms with Crippen molar-refractivity contribution in [1.29, 1.82) is 0 Å². The van der Waals surface area contributed by atoms with Gasteiger partial charge in [0.15, 0.2) is 0 Å². The maximum Gasteiger partial charge on any atom is 0.130 e. The van der Waals surface area contributed by atoms with Crippen LogP contribution in [0.4, 0.5) is 4.39 Å². The van der Waals surface area contributed by atoms with Gasteiger partial charge in [0, 0.05) is 6.42 Å². The molecule has 0 amide bonds. The van der Waals surface area contributed by atoms with Gasteiger partial charge in [0.2, 0.25) is 0 Å². The average molecular weight is 391 g/mol. The minimum Gasteiger partial charge on any atom is -0.242 e. The molecule has 154 valence electrons. The molecule has 1 fully saturated rings. The number of benzene rings is 2. The van der Waals surface area contributed by atoms with E-state index in [9.17, 15) is 4.39 Å². The van der Waals surface area contributed by atoms with Crippen molar-refractivity contribution in [2.45, 2.75) is 71.9 Å². The molecule has 0 spiro atoms. The van der Waals surface area contributed by atoms with E-state index in [-0.39, 0.29) is 0 Å². The number of halogens is 1. The molecule has 2 aliphatic carbocycles. The first-order valence-corrected chi connectivity index (χ1v) is 11.3. The summed E-state index contributed by atoms with van der Waals surface area (Å²) in [5, 5.41) is 0. The van der Waals surface area contributed by atoms with Crippen molar-refractivity contribution in [3.8, 4) is 0 Å². The largest absolute Gasteiger partial charge is 0.242 e. The molecule has 0 saturated heterocycles. The lowest BCUT2D eigenvalue weighted by Crippen LogP contribution is -2.11. The van der Waals surface area contributed by atoms with Gasteiger partial charge in [-0.2, -0.15) is 0 Å². The monoisotopic (exact) mass is 390 g/mol. The Labute approximate surface area is 176 Å². The summed E-state index contributed by atoms with van der Waals surface area (Å²) in [5.74, 6) is 1.58. The number of allylic oxidation sites excluding steroid dienone is 4. The van der Waals surface area contributed by atoms with E-state index in [1.165, 1.54) is 36.8 Å². The molecule has 0 nitrogen and oxygen atoms in total. The lowest BCUT2D eigenvalue weighted by atomic mass is 9.79. The van der Waals surface area contributed by atoms with Crippen molar-refractivity contribution in [3.05, 3.63) is 82.9 Å². The molecule has 0 N–H and O–H groups in total. The van der Waals surface area contributed by atoms with Crippen molar-refractivity contribution in [2.75, 3.05) is 0 Å². The third-order valence-corrected chi connectivity index (χ3v) is 6.35. The molecule has 0 bridgehead atoms. The standard InChI is InChI=1S/C26H29F.C2H6/c1-18-3-7-20(8-4-18)21-11-13-22(14-12-21)24-15-16-25(26(27)17-24)23-9-5-19(2)6-10-23;1-2/h5-6,9-16,18,20,26H,3-4,7-8,17H2,1-2H3;1-2H3. The van der Waals surface area contributed by atoms with Gasteiger partial charge in [0.05, 0.1) is 0 Å². The van der Waals surface area contributed by atoms with Gasteiger partial charge in [-0.05, 0) is 59.4 Å². The lowest BCUT2D eigenvalue weighted by molar-refractivity contribution is 0.348. The van der Waals surface area contributed by atoms with Crippen LogP contribution in [-0.4, -0.2) is 6.17 Å². The zero-order valence-corrected chi connectivity index (χ0v) is 18.4. The molecular weight excluding hydrogens is 355 g/mol. The van der Waals surface area contributed by atoms with Crippen LogP contribution in [0.25, 0.3) is 11.1 Å². The molecule has 1 unspecified atom stereocenters. The number of hydrogen-bond acceptors (Lipinski definition) is 0. The highest BCUT2D eigenvalue weighted by Gasteiger charge is 2.22. The summed E-state index contributed by atoms with van der Waals surface area (Å²) in [4.78, 5) is 0. The molecule has 0 aliphatic heterocycles. The van der Waals surface area contributed by atoms with Crippen molar-refractivity contribution >= 4 is 11.1 Å². The fraction of sp³-hybridized carbons (Fsp3) is 0.429. The second-order valence-electron chi connectivity index (χ2n) is 8.43. The molecule has 1 heteroatoms. The van der Waals surface area contributed by atoms with Gasteiger partial charge in [0.25, 0.3) is 0 Å². The van der Waals surface area contributed by atoms with Crippen LogP contribution >= 0.6 is 0 Å². The van der Waals surface area contributed by atoms with Crippen LogP contribution in [0.5, 0.6) is 0 Å².